The van der Waals surface area contributed by atoms with E-state index in [-0.39, 0.29) is 38.7 Å². The molecule has 0 aliphatic heterocycles. The van der Waals surface area contributed by atoms with E-state index in [0.717, 1.165) is 11.8 Å². The van der Waals surface area contributed by atoms with Gasteiger partial charge in [-0.15, -0.1) is 0 Å². The van der Waals surface area contributed by atoms with Crippen LogP contribution in [0.3, 0.4) is 0 Å². The number of aromatic nitrogens is 1. The Bertz CT molecular complexity index is 889. The van der Waals surface area contributed by atoms with Crippen molar-refractivity contribution < 1.29 is 4.79 Å². The molecule has 3 N–H and O–H groups in total. The zero-order valence-corrected chi connectivity index (χ0v) is 14.3. The second-order valence-corrected chi connectivity index (χ2v) is 6.18. The maximum absolute atomic E-state index is 12.0. The zero-order valence-electron chi connectivity index (χ0n) is 12.0. The molecule has 9 heteroatoms. The molecular weight excluding hydrogens is 369 g/mol. The van der Waals surface area contributed by atoms with Crippen LogP contribution in [0.25, 0.3) is 0 Å². The molecule has 2 aromatic rings. The van der Waals surface area contributed by atoms with Gasteiger partial charge in [0.2, 0.25) is 5.91 Å². The minimum absolute atomic E-state index is 0.0114. The molecule has 0 aliphatic rings. The first kappa shape index (κ1) is 17.9. The van der Waals surface area contributed by atoms with Crippen LogP contribution in [0.4, 0.5) is 11.5 Å². The second-order valence-electron chi connectivity index (χ2n) is 4.44. The number of nitrogens with zero attached hydrogens (tertiary/aromatic N) is 3. The van der Waals surface area contributed by atoms with E-state index in [1.54, 1.807) is 18.2 Å². The molecule has 0 unspecified atom stereocenters. The molecule has 0 radical (unpaired) electrons. The summed E-state index contributed by atoms with van der Waals surface area (Å²) in [6, 6.07) is 10.0. The highest BCUT2D eigenvalue weighted by Crippen LogP contribution is 2.30. The number of carbonyl (C=O) groups is 1. The van der Waals surface area contributed by atoms with Gasteiger partial charge in [-0.05, 0) is 18.2 Å². The number of pyridine rings is 1. The van der Waals surface area contributed by atoms with Crippen LogP contribution in [0.15, 0.2) is 29.3 Å². The van der Waals surface area contributed by atoms with Gasteiger partial charge in [-0.2, -0.15) is 10.5 Å². The monoisotopic (exact) mass is 377 g/mol. The highest BCUT2D eigenvalue weighted by Gasteiger charge is 2.13. The van der Waals surface area contributed by atoms with Crippen molar-refractivity contribution in [2.75, 3.05) is 16.8 Å². The van der Waals surface area contributed by atoms with Gasteiger partial charge in [0.25, 0.3) is 0 Å². The van der Waals surface area contributed by atoms with Crippen LogP contribution in [0.2, 0.25) is 10.0 Å². The van der Waals surface area contributed by atoms with Gasteiger partial charge in [-0.3, -0.25) is 4.79 Å². The summed E-state index contributed by atoms with van der Waals surface area (Å²) in [5.41, 5.74) is 6.32. The third-order valence-corrected chi connectivity index (χ3v) is 4.63. The summed E-state index contributed by atoms with van der Waals surface area (Å²) in [7, 11) is 0. The third kappa shape index (κ3) is 4.09. The Balaban J connectivity index is 2.10. The van der Waals surface area contributed by atoms with Crippen LogP contribution < -0.4 is 11.1 Å². The fourth-order valence-electron chi connectivity index (χ4n) is 1.71. The predicted molar refractivity (Wildman–Crippen MR) is 93.9 cm³/mol. The first-order valence-corrected chi connectivity index (χ1v) is 8.17. The fraction of sp³-hybridized carbons (Fsp3) is 0.0667. The zero-order chi connectivity index (χ0) is 17.7. The van der Waals surface area contributed by atoms with Gasteiger partial charge in [0.1, 0.15) is 23.0 Å². The lowest BCUT2D eigenvalue weighted by atomic mass is 10.2. The molecule has 0 aliphatic carbocycles. The summed E-state index contributed by atoms with van der Waals surface area (Å²) in [4.78, 5) is 16.0. The normalized spacial score (nSPS) is 9.83. The number of hydrogen-bond acceptors (Lipinski definition) is 6. The van der Waals surface area contributed by atoms with Crippen molar-refractivity contribution in [3.05, 3.63) is 45.4 Å². The number of nitriles is 2. The van der Waals surface area contributed by atoms with Crippen LogP contribution in [0, 0.1) is 22.7 Å². The Labute approximate surface area is 152 Å². The number of amides is 1. The van der Waals surface area contributed by atoms with Gasteiger partial charge < -0.3 is 11.1 Å². The number of nitrogens with two attached hydrogens (primary N) is 1. The van der Waals surface area contributed by atoms with Gasteiger partial charge in [0.05, 0.1) is 32.6 Å². The van der Waals surface area contributed by atoms with E-state index < -0.39 is 0 Å². The predicted octanol–water partition coefficient (Wildman–Crippen LogP) is 3.44. The standard InChI is InChI=1S/C15H9Cl2N5OS/c16-10-2-1-3-11(13(10)17)21-12(23)7-24-15-9(6-19)4-8(5-18)14(20)22-15/h1-4H,7H2,(H2,20,22)(H,21,23). The number of hydrogen-bond donors (Lipinski definition) is 2. The molecule has 1 amide bonds. The van der Waals surface area contributed by atoms with E-state index in [9.17, 15) is 4.79 Å². The first-order valence-electron chi connectivity index (χ1n) is 6.43. The minimum Gasteiger partial charge on any atom is -0.383 e. The molecule has 0 bridgehead atoms. The van der Waals surface area contributed by atoms with E-state index in [2.05, 4.69) is 10.3 Å². The molecule has 1 aromatic carbocycles. The average Bonchev–Trinajstić information content (AvgIpc) is 2.57. The molecule has 24 heavy (non-hydrogen) atoms. The number of thioether (sulfide) groups is 1. The maximum atomic E-state index is 12.0. The Kier molecular flexibility index (Phi) is 5.88. The Morgan fingerprint density at radius 3 is 2.67 bits per heavy atom. The lowest BCUT2D eigenvalue weighted by Gasteiger charge is -2.09. The van der Waals surface area contributed by atoms with Crippen LogP contribution >= 0.6 is 35.0 Å². The lowest BCUT2D eigenvalue weighted by Crippen LogP contribution is -2.14. The molecule has 120 valence electrons. The highest BCUT2D eigenvalue weighted by molar-refractivity contribution is 8.00. The van der Waals surface area contributed by atoms with Crippen molar-refractivity contribution in [1.29, 1.82) is 10.5 Å². The molecule has 0 atom stereocenters. The molecule has 6 nitrogen and oxygen atoms in total. The van der Waals surface area contributed by atoms with Gasteiger partial charge >= 0.3 is 0 Å². The number of benzene rings is 1. The molecule has 1 heterocycles. The summed E-state index contributed by atoms with van der Waals surface area (Å²) in [5.74, 6) is -0.356. The topological polar surface area (TPSA) is 116 Å². The smallest absolute Gasteiger partial charge is 0.234 e. The van der Waals surface area contributed by atoms with E-state index in [4.69, 9.17) is 39.5 Å². The van der Waals surface area contributed by atoms with Crippen molar-refractivity contribution in [2.24, 2.45) is 0 Å². The van der Waals surface area contributed by atoms with E-state index in [1.807, 2.05) is 12.1 Å². The molecule has 0 spiro atoms. The van der Waals surface area contributed by atoms with Crippen LogP contribution in [-0.4, -0.2) is 16.6 Å². The Morgan fingerprint density at radius 2 is 2.00 bits per heavy atom. The molecule has 1 aromatic heterocycles. The third-order valence-electron chi connectivity index (χ3n) is 2.82. The number of nitrogen functional groups attached to an aromatic ring is 1. The lowest BCUT2D eigenvalue weighted by molar-refractivity contribution is -0.113. The molecule has 0 saturated carbocycles. The second kappa shape index (κ2) is 7.89. The summed E-state index contributed by atoms with van der Waals surface area (Å²) < 4.78 is 0. The summed E-state index contributed by atoms with van der Waals surface area (Å²) in [6.07, 6.45) is 0. The molecule has 2 rings (SSSR count). The number of anilines is 2. The molecule has 0 fully saturated rings. The van der Waals surface area contributed by atoms with Gasteiger partial charge in [0, 0.05) is 0 Å². The van der Waals surface area contributed by atoms with Crippen LogP contribution in [0.1, 0.15) is 11.1 Å². The van der Waals surface area contributed by atoms with Crippen molar-refractivity contribution in [3.8, 4) is 12.1 Å². The van der Waals surface area contributed by atoms with Crippen molar-refractivity contribution in [2.45, 2.75) is 5.03 Å². The Hall–Kier alpha value is -2.45. The summed E-state index contributed by atoms with van der Waals surface area (Å²) in [6.45, 7) is 0. The quantitative estimate of drug-likeness (QED) is 0.788. The van der Waals surface area contributed by atoms with Gasteiger partial charge in [-0.25, -0.2) is 4.98 Å². The average molecular weight is 378 g/mol. The molecule has 0 saturated heterocycles. The largest absolute Gasteiger partial charge is 0.383 e. The SMILES string of the molecule is N#Cc1cc(C#N)c(SCC(=O)Nc2cccc(Cl)c2Cl)nc1N. The Morgan fingerprint density at radius 1 is 1.29 bits per heavy atom. The maximum Gasteiger partial charge on any atom is 0.234 e. The number of halogens is 2. The van der Waals surface area contributed by atoms with E-state index >= 15 is 0 Å². The first-order chi connectivity index (χ1) is 11.5. The van der Waals surface area contributed by atoms with Crippen LogP contribution in [-0.2, 0) is 4.79 Å². The van der Waals surface area contributed by atoms with E-state index in [1.165, 1.54) is 6.07 Å². The van der Waals surface area contributed by atoms with Crippen molar-refractivity contribution in [1.82, 2.24) is 4.98 Å². The fourth-order valence-corrected chi connectivity index (χ4v) is 2.82. The minimum atomic E-state index is -0.349. The summed E-state index contributed by atoms with van der Waals surface area (Å²) >= 11 is 12.9. The summed E-state index contributed by atoms with van der Waals surface area (Å²) in [5, 5.41) is 21.5. The number of nitrogens with one attached hydrogen (secondary N) is 1. The van der Waals surface area contributed by atoms with E-state index in [0.29, 0.717) is 10.7 Å². The number of rotatable bonds is 4. The molecular formula is C15H9Cl2N5OS. The van der Waals surface area contributed by atoms with Gasteiger partial charge in [-0.1, -0.05) is 41.0 Å². The number of carbonyl (C=O) groups excluding carboxylic acids is 1. The highest BCUT2D eigenvalue weighted by atomic mass is 35.5. The van der Waals surface area contributed by atoms with Crippen molar-refractivity contribution >= 4 is 52.4 Å². The van der Waals surface area contributed by atoms with Crippen molar-refractivity contribution in [3.63, 3.8) is 0 Å². The van der Waals surface area contributed by atoms with Gasteiger partial charge in [0.15, 0.2) is 0 Å². The van der Waals surface area contributed by atoms with Crippen LogP contribution in [0.5, 0.6) is 0 Å².